The molecule has 0 amide bonds. The van der Waals surface area contributed by atoms with E-state index in [0.29, 0.717) is 12.5 Å². The van der Waals surface area contributed by atoms with Gasteiger partial charge in [-0.05, 0) is 18.9 Å². The summed E-state index contributed by atoms with van der Waals surface area (Å²) in [6.07, 6.45) is 7.19. The quantitative estimate of drug-likeness (QED) is 0.582. The van der Waals surface area contributed by atoms with Gasteiger partial charge in [0.15, 0.2) is 0 Å². The summed E-state index contributed by atoms with van der Waals surface area (Å²) in [4.78, 5) is 0. The molecule has 1 aliphatic carbocycles. The Morgan fingerprint density at radius 3 is 3.08 bits per heavy atom. The smallest absolute Gasteiger partial charge is 0.106 e. The highest BCUT2D eigenvalue weighted by Gasteiger charge is 2.13. The predicted octanol–water partition coefficient (Wildman–Crippen LogP) is 3.06. The van der Waals surface area contributed by atoms with E-state index in [2.05, 4.69) is 32.6 Å². The number of hydrogen-bond donors (Lipinski definition) is 0. The number of allylic oxidation sites excluding steroid dienone is 4. The molecule has 0 fully saturated rings. The van der Waals surface area contributed by atoms with Gasteiger partial charge in [0.2, 0.25) is 0 Å². The van der Waals surface area contributed by atoms with Gasteiger partial charge in [-0.15, -0.1) is 0 Å². The monoisotopic (exact) mass is 164 g/mol. The molecule has 0 aromatic rings. The highest BCUT2D eigenvalue weighted by molar-refractivity contribution is 5.25. The van der Waals surface area contributed by atoms with Crippen LogP contribution in [0, 0.1) is 5.92 Å². The Hall–Kier alpha value is -0.980. The van der Waals surface area contributed by atoms with Crippen LogP contribution in [0.15, 0.2) is 36.1 Å². The van der Waals surface area contributed by atoms with Gasteiger partial charge in [0.1, 0.15) is 12.4 Å². The molecule has 0 saturated carbocycles. The minimum Gasteiger partial charge on any atom is -0.493 e. The van der Waals surface area contributed by atoms with Crippen molar-refractivity contribution in [3.63, 3.8) is 0 Å². The van der Waals surface area contributed by atoms with Gasteiger partial charge in [-0.3, -0.25) is 0 Å². The summed E-state index contributed by atoms with van der Waals surface area (Å²) < 4.78 is 5.57. The molecular formula is C11H16O. The average molecular weight is 164 g/mol. The fourth-order valence-corrected chi connectivity index (χ4v) is 1.43. The lowest BCUT2D eigenvalue weighted by Gasteiger charge is -2.20. The van der Waals surface area contributed by atoms with Crippen LogP contribution in [0.4, 0.5) is 0 Å². The summed E-state index contributed by atoms with van der Waals surface area (Å²) in [7, 11) is 0. The van der Waals surface area contributed by atoms with Crippen molar-refractivity contribution >= 4 is 0 Å². The van der Waals surface area contributed by atoms with Crippen LogP contribution in [0.25, 0.3) is 0 Å². The summed E-state index contributed by atoms with van der Waals surface area (Å²) in [5.41, 5.74) is 1.25. The molecule has 0 aliphatic heterocycles. The second-order valence-electron chi connectivity index (χ2n) is 3.19. The van der Waals surface area contributed by atoms with Crippen molar-refractivity contribution in [2.45, 2.75) is 20.3 Å². The van der Waals surface area contributed by atoms with Crippen molar-refractivity contribution in [1.29, 1.82) is 0 Å². The Labute approximate surface area is 74.4 Å². The van der Waals surface area contributed by atoms with Crippen LogP contribution in [-0.2, 0) is 4.74 Å². The van der Waals surface area contributed by atoms with Gasteiger partial charge in [0.05, 0.1) is 0 Å². The summed E-state index contributed by atoms with van der Waals surface area (Å²) in [6.45, 7) is 8.52. The van der Waals surface area contributed by atoms with Crippen LogP contribution in [0.3, 0.4) is 0 Å². The fraction of sp³-hybridized carbons (Fsp3) is 0.455. The molecule has 0 spiro atoms. The Bertz CT molecular complexity index is 223. The van der Waals surface area contributed by atoms with Gasteiger partial charge in [-0.2, -0.15) is 0 Å². The average Bonchev–Trinajstić information content (AvgIpc) is 2.04. The Kier molecular flexibility index (Phi) is 3.15. The maximum atomic E-state index is 5.57. The van der Waals surface area contributed by atoms with Crippen LogP contribution < -0.4 is 0 Å². The number of rotatable bonds is 3. The van der Waals surface area contributed by atoms with Gasteiger partial charge < -0.3 is 4.74 Å². The third-order valence-electron chi connectivity index (χ3n) is 2.05. The molecule has 0 aromatic heterocycles. The van der Waals surface area contributed by atoms with Crippen molar-refractivity contribution in [1.82, 2.24) is 0 Å². The molecule has 1 nitrogen and oxygen atoms in total. The highest BCUT2D eigenvalue weighted by atomic mass is 16.5. The van der Waals surface area contributed by atoms with E-state index in [1.165, 1.54) is 5.57 Å². The zero-order valence-corrected chi connectivity index (χ0v) is 7.84. The summed E-state index contributed by atoms with van der Waals surface area (Å²) >= 11 is 0. The van der Waals surface area contributed by atoms with Crippen molar-refractivity contribution in [3.8, 4) is 0 Å². The molecule has 0 saturated heterocycles. The zero-order chi connectivity index (χ0) is 8.97. The lowest BCUT2D eigenvalue weighted by atomic mass is 9.96. The van der Waals surface area contributed by atoms with E-state index in [1.54, 1.807) is 6.08 Å². The molecule has 1 heteroatoms. The normalized spacial score (nSPS) is 22.7. The van der Waals surface area contributed by atoms with Gasteiger partial charge >= 0.3 is 0 Å². The van der Waals surface area contributed by atoms with Crippen LogP contribution in [0.2, 0.25) is 0 Å². The minimum atomic E-state index is 0.523. The minimum absolute atomic E-state index is 0.523. The van der Waals surface area contributed by atoms with E-state index in [-0.39, 0.29) is 0 Å². The highest BCUT2D eigenvalue weighted by Crippen LogP contribution is 2.25. The van der Waals surface area contributed by atoms with E-state index < -0.39 is 0 Å². The summed E-state index contributed by atoms with van der Waals surface area (Å²) in [5, 5.41) is 0. The molecular weight excluding hydrogens is 148 g/mol. The van der Waals surface area contributed by atoms with Crippen LogP contribution in [-0.4, -0.2) is 6.61 Å². The van der Waals surface area contributed by atoms with Gasteiger partial charge in [0, 0.05) is 5.92 Å². The largest absolute Gasteiger partial charge is 0.493 e. The molecule has 1 unspecified atom stereocenters. The van der Waals surface area contributed by atoms with Crippen molar-refractivity contribution in [2.75, 3.05) is 6.61 Å². The third-order valence-corrected chi connectivity index (χ3v) is 2.05. The third kappa shape index (κ3) is 2.00. The Balaban J connectivity index is 2.67. The lowest BCUT2D eigenvalue weighted by molar-refractivity contribution is 0.206. The van der Waals surface area contributed by atoms with E-state index in [0.717, 1.165) is 12.2 Å². The van der Waals surface area contributed by atoms with Gasteiger partial charge in [-0.25, -0.2) is 0 Å². The first kappa shape index (κ1) is 9.11. The van der Waals surface area contributed by atoms with Crippen LogP contribution >= 0.6 is 0 Å². The molecule has 0 bridgehead atoms. The summed E-state index contributed by atoms with van der Waals surface area (Å²) in [5.74, 6) is 1.65. The van der Waals surface area contributed by atoms with Crippen molar-refractivity contribution in [2.24, 2.45) is 5.92 Å². The molecule has 1 aliphatic rings. The lowest BCUT2D eigenvalue weighted by Crippen LogP contribution is -2.08. The predicted molar refractivity (Wildman–Crippen MR) is 51.8 cm³/mol. The van der Waals surface area contributed by atoms with E-state index in [1.807, 2.05) is 0 Å². The fourth-order valence-electron chi connectivity index (χ4n) is 1.43. The molecule has 0 aromatic carbocycles. The number of hydrogen-bond acceptors (Lipinski definition) is 1. The second-order valence-corrected chi connectivity index (χ2v) is 3.19. The van der Waals surface area contributed by atoms with E-state index in [4.69, 9.17) is 4.74 Å². The molecule has 1 rings (SSSR count). The molecule has 12 heavy (non-hydrogen) atoms. The van der Waals surface area contributed by atoms with Crippen LogP contribution in [0.5, 0.6) is 0 Å². The standard InChI is InChI=1S/C11H16O/c1-4-8-12-11-9(2)6-5-7-10(11)3/h4-6,10H,1,7-8H2,2-3H3. The number of ether oxygens (including phenoxy) is 1. The maximum Gasteiger partial charge on any atom is 0.106 e. The van der Waals surface area contributed by atoms with Crippen molar-refractivity contribution < 1.29 is 4.74 Å². The van der Waals surface area contributed by atoms with E-state index in [9.17, 15) is 0 Å². The molecule has 0 heterocycles. The van der Waals surface area contributed by atoms with Gasteiger partial charge in [-0.1, -0.05) is 31.7 Å². The van der Waals surface area contributed by atoms with E-state index >= 15 is 0 Å². The first-order valence-electron chi connectivity index (χ1n) is 4.36. The molecule has 66 valence electrons. The van der Waals surface area contributed by atoms with Crippen LogP contribution in [0.1, 0.15) is 20.3 Å². The molecule has 0 radical (unpaired) electrons. The van der Waals surface area contributed by atoms with Gasteiger partial charge in [0.25, 0.3) is 0 Å². The SMILES string of the molecule is C=CCOC1=C(C)C=CCC1C. The first-order chi connectivity index (χ1) is 5.75. The zero-order valence-electron chi connectivity index (χ0n) is 7.84. The second kappa shape index (κ2) is 4.15. The summed E-state index contributed by atoms with van der Waals surface area (Å²) in [6, 6.07) is 0. The van der Waals surface area contributed by atoms with Crippen molar-refractivity contribution in [3.05, 3.63) is 36.1 Å². The molecule has 1 atom stereocenters. The molecule has 0 N–H and O–H groups in total. The Morgan fingerprint density at radius 2 is 2.50 bits per heavy atom. The topological polar surface area (TPSA) is 9.23 Å². The first-order valence-corrected chi connectivity index (χ1v) is 4.36. The Morgan fingerprint density at radius 1 is 1.75 bits per heavy atom. The maximum absolute atomic E-state index is 5.57.